The molecule has 26 heavy (non-hydrogen) atoms. The first-order chi connectivity index (χ1) is 12.6. The van der Waals surface area contributed by atoms with E-state index in [-0.39, 0.29) is 30.1 Å². The Labute approximate surface area is 160 Å². The van der Waals surface area contributed by atoms with Crippen LogP contribution in [0.5, 0.6) is 0 Å². The standard InChI is InChI=1S/C19H18N2O3S2/c22-17(9-8-15-7-4-12-25-15)20-10-11-21-18(23)16(26-19(21)24)13-14-5-2-1-3-6-14/h1-7,12-13H,8-11H2,(H,20,22)/b16-13-. The molecule has 0 spiro atoms. The van der Waals surface area contributed by atoms with Crippen molar-refractivity contribution in [2.45, 2.75) is 12.8 Å². The van der Waals surface area contributed by atoms with E-state index in [4.69, 9.17) is 0 Å². The monoisotopic (exact) mass is 386 g/mol. The highest BCUT2D eigenvalue weighted by molar-refractivity contribution is 8.18. The van der Waals surface area contributed by atoms with Crippen molar-refractivity contribution >= 4 is 46.2 Å². The Kier molecular flexibility index (Phi) is 6.25. The zero-order chi connectivity index (χ0) is 18.4. The minimum absolute atomic E-state index is 0.0785. The number of nitrogens with one attached hydrogen (secondary N) is 1. The fourth-order valence-corrected chi connectivity index (χ4v) is 4.05. The third-order valence-corrected chi connectivity index (χ3v) is 5.65. The van der Waals surface area contributed by atoms with Crippen LogP contribution in [0.4, 0.5) is 4.79 Å². The van der Waals surface area contributed by atoms with Gasteiger partial charge in [-0.15, -0.1) is 11.3 Å². The molecule has 1 aromatic heterocycles. The van der Waals surface area contributed by atoms with Crippen molar-refractivity contribution in [1.29, 1.82) is 0 Å². The van der Waals surface area contributed by atoms with Crippen LogP contribution in [0, 0.1) is 0 Å². The predicted octanol–water partition coefficient (Wildman–Crippen LogP) is 3.53. The van der Waals surface area contributed by atoms with Gasteiger partial charge in [-0.25, -0.2) is 0 Å². The molecule has 0 bridgehead atoms. The molecule has 1 aromatic carbocycles. The number of carbonyl (C=O) groups excluding carboxylic acids is 3. The molecule has 5 nitrogen and oxygen atoms in total. The molecule has 2 heterocycles. The summed E-state index contributed by atoms with van der Waals surface area (Å²) in [6, 6.07) is 13.4. The predicted molar refractivity (Wildman–Crippen MR) is 105 cm³/mol. The van der Waals surface area contributed by atoms with Gasteiger partial charge < -0.3 is 5.32 Å². The molecule has 1 aliphatic rings. The van der Waals surface area contributed by atoms with Crippen molar-refractivity contribution in [3.8, 4) is 0 Å². The van der Waals surface area contributed by atoms with Crippen molar-refractivity contribution in [2.24, 2.45) is 0 Å². The van der Waals surface area contributed by atoms with Gasteiger partial charge in [-0.2, -0.15) is 0 Å². The van der Waals surface area contributed by atoms with E-state index < -0.39 is 0 Å². The molecular formula is C19H18N2O3S2. The van der Waals surface area contributed by atoms with E-state index in [0.29, 0.717) is 17.7 Å². The number of hydrogen-bond acceptors (Lipinski definition) is 5. The summed E-state index contributed by atoms with van der Waals surface area (Å²) in [5.41, 5.74) is 0.875. The largest absolute Gasteiger partial charge is 0.354 e. The average molecular weight is 386 g/mol. The minimum atomic E-state index is -0.309. The lowest BCUT2D eigenvalue weighted by atomic mass is 10.2. The number of thiophene rings is 1. The lowest BCUT2D eigenvalue weighted by Crippen LogP contribution is -2.37. The quantitative estimate of drug-likeness (QED) is 0.739. The first kappa shape index (κ1) is 18.4. The Hall–Kier alpha value is -2.38. The molecule has 0 saturated carbocycles. The summed E-state index contributed by atoms with van der Waals surface area (Å²) >= 11 is 2.56. The Morgan fingerprint density at radius 1 is 1.12 bits per heavy atom. The summed E-state index contributed by atoms with van der Waals surface area (Å²) in [5, 5.41) is 4.45. The molecular weight excluding hydrogens is 368 g/mol. The number of carbonyl (C=O) groups is 3. The molecule has 0 radical (unpaired) electrons. The maximum absolute atomic E-state index is 12.4. The summed E-state index contributed by atoms with van der Waals surface area (Å²) in [6.07, 6.45) is 2.81. The Bertz CT molecular complexity index is 817. The third kappa shape index (κ3) is 4.83. The highest BCUT2D eigenvalue weighted by Gasteiger charge is 2.34. The van der Waals surface area contributed by atoms with Crippen molar-refractivity contribution in [3.05, 3.63) is 63.2 Å². The van der Waals surface area contributed by atoms with Gasteiger partial charge in [0.05, 0.1) is 4.91 Å². The van der Waals surface area contributed by atoms with Crippen molar-refractivity contribution in [2.75, 3.05) is 13.1 Å². The normalized spacial score (nSPS) is 15.7. The number of aryl methyl sites for hydroxylation is 1. The van der Waals surface area contributed by atoms with Gasteiger partial charge in [-0.05, 0) is 41.3 Å². The Morgan fingerprint density at radius 2 is 1.92 bits per heavy atom. The first-order valence-electron chi connectivity index (χ1n) is 8.23. The van der Waals surface area contributed by atoms with Crippen LogP contribution in [0.1, 0.15) is 16.9 Å². The zero-order valence-electron chi connectivity index (χ0n) is 14.0. The summed E-state index contributed by atoms with van der Waals surface area (Å²) < 4.78 is 0. The third-order valence-electron chi connectivity index (χ3n) is 3.81. The number of rotatable bonds is 7. The number of thioether (sulfide) groups is 1. The van der Waals surface area contributed by atoms with E-state index in [2.05, 4.69) is 5.32 Å². The molecule has 7 heteroatoms. The highest BCUT2D eigenvalue weighted by Crippen LogP contribution is 2.31. The SMILES string of the molecule is O=C(CCc1cccs1)NCCN1C(=O)S/C(=C\c2ccccc2)C1=O. The van der Waals surface area contributed by atoms with E-state index >= 15 is 0 Å². The van der Waals surface area contributed by atoms with Gasteiger partial charge in [0.15, 0.2) is 0 Å². The van der Waals surface area contributed by atoms with Crippen LogP contribution in [-0.4, -0.2) is 35.0 Å². The van der Waals surface area contributed by atoms with Gasteiger partial charge in [0.2, 0.25) is 5.91 Å². The molecule has 3 rings (SSSR count). The fraction of sp³-hybridized carbons (Fsp3) is 0.211. The van der Waals surface area contributed by atoms with Crippen molar-refractivity contribution in [1.82, 2.24) is 10.2 Å². The van der Waals surface area contributed by atoms with Crippen LogP contribution in [0.15, 0.2) is 52.7 Å². The lowest BCUT2D eigenvalue weighted by molar-refractivity contribution is -0.124. The second-order valence-corrected chi connectivity index (χ2v) is 7.70. The van der Waals surface area contributed by atoms with Crippen LogP contribution in [0.25, 0.3) is 6.08 Å². The molecule has 1 aliphatic heterocycles. The van der Waals surface area contributed by atoms with Gasteiger partial charge in [0.1, 0.15) is 0 Å². The molecule has 134 valence electrons. The van der Waals surface area contributed by atoms with Crippen LogP contribution in [0.2, 0.25) is 0 Å². The molecule has 2 aromatic rings. The molecule has 0 aliphatic carbocycles. The Balaban J connectivity index is 1.47. The summed E-state index contributed by atoms with van der Waals surface area (Å²) in [7, 11) is 0. The molecule has 0 unspecified atom stereocenters. The lowest BCUT2D eigenvalue weighted by Gasteiger charge is -2.12. The van der Waals surface area contributed by atoms with Crippen molar-refractivity contribution < 1.29 is 14.4 Å². The number of hydrogen-bond donors (Lipinski definition) is 1. The van der Waals surface area contributed by atoms with Crippen LogP contribution in [-0.2, 0) is 16.0 Å². The molecule has 3 amide bonds. The van der Waals surface area contributed by atoms with E-state index in [0.717, 1.165) is 22.2 Å². The fourth-order valence-electron chi connectivity index (χ4n) is 2.48. The van der Waals surface area contributed by atoms with Gasteiger partial charge in [0.25, 0.3) is 11.1 Å². The second kappa shape index (κ2) is 8.82. The summed E-state index contributed by atoms with van der Waals surface area (Å²) in [4.78, 5) is 39.1. The number of amides is 3. The Morgan fingerprint density at radius 3 is 2.65 bits per heavy atom. The summed E-state index contributed by atoms with van der Waals surface area (Å²) in [5.74, 6) is -0.387. The van der Waals surface area contributed by atoms with Crippen molar-refractivity contribution in [3.63, 3.8) is 0 Å². The van der Waals surface area contributed by atoms with Gasteiger partial charge >= 0.3 is 0 Å². The molecule has 0 atom stereocenters. The summed E-state index contributed by atoms with van der Waals surface area (Å²) in [6.45, 7) is 0.446. The topological polar surface area (TPSA) is 66.5 Å². The maximum atomic E-state index is 12.4. The molecule has 1 fully saturated rings. The van der Waals surface area contributed by atoms with Crippen LogP contribution >= 0.6 is 23.1 Å². The maximum Gasteiger partial charge on any atom is 0.293 e. The molecule has 1 N–H and O–H groups in total. The highest BCUT2D eigenvalue weighted by atomic mass is 32.2. The second-order valence-electron chi connectivity index (χ2n) is 5.67. The van der Waals surface area contributed by atoms with Gasteiger partial charge in [-0.3, -0.25) is 19.3 Å². The smallest absolute Gasteiger partial charge is 0.293 e. The number of imide groups is 1. The van der Waals surface area contributed by atoms with Crippen LogP contribution < -0.4 is 5.32 Å². The van der Waals surface area contributed by atoms with E-state index in [1.165, 1.54) is 4.90 Å². The van der Waals surface area contributed by atoms with E-state index in [1.807, 2.05) is 47.8 Å². The van der Waals surface area contributed by atoms with Gasteiger partial charge in [-0.1, -0.05) is 36.4 Å². The zero-order valence-corrected chi connectivity index (χ0v) is 15.6. The minimum Gasteiger partial charge on any atom is -0.354 e. The van der Waals surface area contributed by atoms with Crippen LogP contribution in [0.3, 0.4) is 0 Å². The average Bonchev–Trinajstić information content (AvgIpc) is 3.25. The number of nitrogens with zero attached hydrogens (tertiary/aromatic N) is 1. The van der Waals surface area contributed by atoms with Gasteiger partial charge in [0, 0.05) is 24.4 Å². The molecule has 1 saturated heterocycles. The van der Waals surface area contributed by atoms with E-state index in [1.54, 1.807) is 17.4 Å². The van der Waals surface area contributed by atoms with E-state index in [9.17, 15) is 14.4 Å². The first-order valence-corrected chi connectivity index (χ1v) is 9.92. The number of benzene rings is 1.